The van der Waals surface area contributed by atoms with E-state index in [1.165, 1.54) is 9.87 Å². The lowest BCUT2D eigenvalue weighted by Crippen LogP contribution is -2.30. The van der Waals surface area contributed by atoms with Crippen molar-refractivity contribution in [3.8, 4) is 5.75 Å². The Hall–Kier alpha value is -2.01. The maximum Gasteiger partial charge on any atom is 0.264 e. The molecule has 0 fully saturated rings. The van der Waals surface area contributed by atoms with Crippen molar-refractivity contribution in [2.75, 3.05) is 18.0 Å². The lowest BCUT2D eigenvalue weighted by molar-refractivity contribution is 0.414. The Morgan fingerprint density at radius 1 is 1.00 bits per heavy atom. The van der Waals surface area contributed by atoms with Gasteiger partial charge in [-0.3, -0.25) is 4.31 Å². The molecule has 2 aromatic rings. The monoisotopic (exact) mass is 333 g/mol. The Morgan fingerprint density at radius 2 is 1.57 bits per heavy atom. The van der Waals surface area contributed by atoms with E-state index >= 15 is 0 Å². The summed E-state index contributed by atoms with van der Waals surface area (Å²) >= 11 is 0. The fraction of sp³-hybridized carbons (Fsp3) is 0.333. The maximum atomic E-state index is 12.9. The smallest absolute Gasteiger partial charge is 0.264 e. The van der Waals surface area contributed by atoms with E-state index in [1.807, 2.05) is 31.2 Å². The molecule has 4 nitrogen and oxygen atoms in total. The minimum Gasteiger partial charge on any atom is -0.497 e. The molecule has 0 heterocycles. The molecule has 2 rings (SSSR count). The second-order valence-corrected chi connectivity index (χ2v) is 7.45. The third-order valence-electron chi connectivity index (χ3n) is 3.78. The van der Waals surface area contributed by atoms with Crippen LogP contribution in [-0.4, -0.2) is 22.1 Å². The van der Waals surface area contributed by atoms with E-state index in [9.17, 15) is 8.42 Å². The van der Waals surface area contributed by atoms with E-state index in [4.69, 9.17) is 4.74 Å². The Labute approximate surface area is 138 Å². The van der Waals surface area contributed by atoms with Crippen molar-refractivity contribution in [1.82, 2.24) is 0 Å². The number of hydrogen-bond acceptors (Lipinski definition) is 3. The SMILES string of the molecule is CCN(c1ccc(C(C)C)cc1)S(=O)(=O)c1ccc(OC)cc1. The van der Waals surface area contributed by atoms with Gasteiger partial charge in [0.1, 0.15) is 5.75 Å². The van der Waals surface area contributed by atoms with Crippen LogP contribution in [0, 0.1) is 0 Å². The first-order chi connectivity index (χ1) is 10.9. The van der Waals surface area contributed by atoms with Gasteiger partial charge in [-0.25, -0.2) is 8.42 Å². The zero-order valence-electron chi connectivity index (χ0n) is 14.0. The van der Waals surface area contributed by atoms with E-state index in [2.05, 4.69) is 13.8 Å². The second kappa shape index (κ2) is 7.04. The topological polar surface area (TPSA) is 46.6 Å². The van der Waals surface area contributed by atoms with Crippen molar-refractivity contribution >= 4 is 15.7 Å². The molecule has 0 radical (unpaired) electrons. The molecule has 0 N–H and O–H groups in total. The first-order valence-corrected chi connectivity index (χ1v) is 9.11. The molecule has 0 spiro atoms. The lowest BCUT2D eigenvalue weighted by Gasteiger charge is -2.23. The van der Waals surface area contributed by atoms with Gasteiger partial charge < -0.3 is 4.74 Å². The molecule has 0 atom stereocenters. The second-order valence-electron chi connectivity index (χ2n) is 5.59. The summed E-state index contributed by atoms with van der Waals surface area (Å²) in [6.07, 6.45) is 0. The molecular formula is C18H23NO3S. The van der Waals surface area contributed by atoms with Gasteiger partial charge in [0.25, 0.3) is 10.0 Å². The summed E-state index contributed by atoms with van der Waals surface area (Å²) in [6, 6.07) is 14.1. The first-order valence-electron chi connectivity index (χ1n) is 7.67. The lowest BCUT2D eigenvalue weighted by atomic mass is 10.0. The molecule has 0 amide bonds. The number of rotatable bonds is 6. The molecule has 124 valence electrons. The summed E-state index contributed by atoms with van der Waals surface area (Å²) in [5.74, 6) is 1.05. The normalized spacial score (nSPS) is 11.5. The summed E-state index contributed by atoms with van der Waals surface area (Å²) < 4.78 is 32.2. The number of ether oxygens (including phenoxy) is 1. The zero-order chi connectivity index (χ0) is 17.0. The molecule has 23 heavy (non-hydrogen) atoms. The molecule has 2 aromatic carbocycles. The van der Waals surface area contributed by atoms with Crippen LogP contribution in [0.1, 0.15) is 32.3 Å². The fourth-order valence-corrected chi connectivity index (χ4v) is 3.87. The number of anilines is 1. The van der Waals surface area contributed by atoms with Crippen LogP contribution in [0.5, 0.6) is 5.75 Å². The molecule has 0 aromatic heterocycles. The summed E-state index contributed by atoms with van der Waals surface area (Å²) in [5, 5.41) is 0. The minimum absolute atomic E-state index is 0.257. The Morgan fingerprint density at radius 3 is 2.00 bits per heavy atom. The van der Waals surface area contributed by atoms with Gasteiger partial charge in [-0.05, 0) is 54.8 Å². The van der Waals surface area contributed by atoms with Crippen LogP contribution in [0.2, 0.25) is 0 Å². The maximum absolute atomic E-state index is 12.9. The van der Waals surface area contributed by atoms with Gasteiger partial charge in [-0.15, -0.1) is 0 Å². The molecular weight excluding hydrogens is 310 g/mol. The Balaban J connectivity index is 2.37. The van der Waals surface area contributed by atoms with E-state index in [-0.39, 0.29) is 4.90 Å². The van der Waals surface area contributed by atoms with Crippen LogP contribution >= 0.6 is 0 Å². The third-order valence-corrected chi connectivity index (χ3v) is 5.70. The van der Waals surface area contributed by atoms with Crippen LogP contribution in [0.4, 0.5) is 5.69 Å². The number of benzene rings is 2. The standard InChI is InChI=1S/C18H23NO3S/c1-5-19(16-8-6-15(7-9-16)14(2)3)23(20,21)18-12-10-17(22-4)11-13-18/h6-14H,5H2,1-4H3. The highest BCUT2D eigenvalue weighted by atomic mass is 32.2. The van der Waals surface area contributed by atoms with E-state index < -0.39 is 10.0 Å². The minimum atomic E-state index is -3.58. The van der Waals surface area contributed by atoms with Crippen LogP contribution in [0.3, 0.4) is 0 Å². The highest BCUT2D eigenvalue weighted by Gasteiger charge is 2.23. The molecule has 5 heteroatoms. The van der Waals surface area contributed by atoms with Crippen LogP contribution in [-0.2, 0) is 10.0 Å². The summed E-state index contributed by atoms with van der Waals surface area (Å²) in [7, 11) is -2.03. The first kappa shape index (κ1) is 17.3. The number of methoxy groups -OCH3 is 1. The van der Waals surface area contributed by atoms with Crippen molar-refractivity contribution < 1.29 is 13.2 Å². The molecule has 0 aliphatic heterocycles. The van der Waals surface area contributed by atoms with Gasteiger partial charge in [0.2, 0.25) is 0 Å². The summed E-state index contributed by atoms with van der Waals surface area (Å²) in [6.45, 7) is 6.42. The van der Waals surface area contributed by atoms with Gasteiger partial charge in [-0.2, -0.15) is 0 Å². The Kier molecular flexibility index (Phi) is 5.31. The zero-order valence-corrected chi connectivity index (χ0v) is 14.8. The van der Waals surface area contributed by atoms with Crippen molar-refractivity contribution in [2.45, 2.75) is 31.6 Å². The number of sulfonamides is 1. The average Bonchev–Trinajstić information content (AvgIpc) is 2.56. The van der Waals surface area contributed by atoms with Crippen LogP contribution in [0.15, 0.2) is 53.4 Å². The number of nitrogens with zero attached hydrogens (tertiary/aromatic N) is 1. The van der Waals surface area contributed by atoms with Gasteiger partial charge >= 0.3 is 0 Å². The third kappa shape index (κ3) is 3.67. The van der Waals surface area contributed by atoms with Gasteiger partial charge in [0, 0.05) is 6.54 Å². The average molecular weight is 333 g/mol. The van der Waals surface area contributed by atoms with E-state index in [1.54, 1.807) is 31.4 Å². The predicted molar refractivity (Wildman–Crippen MR) is 93.7 cm³/mol. The number of hydrogen-bond donors (Lipinski definition) is 0. The highest BCUT2D eigenvalue weighted by molar-refractivity contribution is 7.92. The van der Waals surface area contributed by atoms with Crippen LogP contribution < -0.4 is 9.04 Å². The quantitative estimate of drug-likeness (QED) is 0.802. The molecule has 0 bridgehead atoms. The van der Waals surface area contributed by atoms with Crippen molar-refractivity contribution in [2.24, 2.45) is 0 Å². The summed E-state index contributed by atoms with van der Waals surface area (Å²) in [4.78, 5) is 0.257. The van der Waals surface area contributed by atoms with Crippen molar-refractivity contribution in [3.05, 3.63) is 54.1 Å². The van der Waals surface area contributed by atoms with Crippen molar-refractivity contribution in [1.29, 1.82) is 0 Å². The molecule has 0 saturated heterocycles. The predicted octanol–water partition coefficient (Wildman–Crippen LogP) is 4.03. The van der Waals surface area contributed by atoms with Gasteiger partial charge in [0.15, 0.2) is 0 Å². The summed E-state index contributed by atoms with van der Waals surface area (Å²) in [5.41, 5.74) is 1.86. The van der Waals surface area contributed by atoms with Crippen LogP contribution in [0.25, 0.3) is 0 Å². The largest absolute Gasteiger partial charge is 0.497 e. The molecule has 0 unspecified atom stereocenters. The molecule has 0 aliphatic carbocycles. The molecule has 0 saturated carbocycles. The fourth-order valence-electron chi connectivity index (χ4n) is 2.39. The Bertz CT molecular complexity index is 735. The van der Waals surface area contributed by atoms with E-state index in [0.29, 0.717) is 23.9 Å². The van der Waals surface area contributed by atoms with Gasteiger partial charge in [-0.1, -0.05) is 26.0 Å². The molecule has 0 aliphatic rings. The highest BCUT2D eigenvalue weighted by Crippen LogP contribution is 2.26. The van der Waals surface area contributed by atoms with Crippen molar-refractivity contribution in [3.63, 3.8) is 0 Å². The van der Waals surface area contributed by atoms with Gasteiger partial charge in [0.05, 0.1) is 17.7 Å². The van der Waals surface area contributed by atoms with E-state index in [0.717, 1.165) is 0 Å².